The van der Waals surface area contributed by atoms with Crippen molar-refractivity contribution in [2.75, 3.05) is 19.7 Å². The Morgan fingerprint density at radius 2 is 1.82 bits per heavy atom. The molecule has 0 radical (unpaired) electrons. The van der Waals surface area contributed by atoms with Gasteiger partial charge < -0.3 is 20.6 Å². The molecule has 4 atom stereocenters. The summed E-state index contributed by atoms with van der Waals surface area (Å²) in [5.41, 5.74) is 1.15. The van der Waals surface area contributed by atoms with Gasteiger partial charge in [0.2, 0.25) is 5.91 Å². The Labute approximate surface area is 130 Å². The summed E-state index contributed by atoms with van der Waals surface area (Å²) in [4.78, 5) is 13.0. The third-order valence-electron chi connectivity index (χ3n) is 4.24. The lowest BCUT2D eigenvalue weighted by Gasteiger charge is -2.29. The highest BCUT2D eigenvalue weighted by atomic mass is 16.3. The molecule has 1 aromatic carbocycles. The van der Waals surface area contributed by atoms with Crippen LogP contribution in [0.15, 0.2) is 30.3 Å². The molecule has 1 aliphatic rings. The number of hydrogen-bond acceptors (Lipinski definition) is 5. The lowest BCUT2D eigenvalue weighted by Crippen LogP contribution is -2.47. The standard InChI is InChI=1S/C16H24N2O4/c1-11(20)17-9-13-15(21)16(22)14(10-19)18(13)8-7-12-5-3-2-4-6-12/h2-6,13-16,19,21-22H,7-10H2,1H3,(H,17,20)/t13?,14-,15-,16-/m1/s1. The van der Waals surface area contributed by atoms with Crippen LogP contribution in [-0.2, 0) is 11.2 Å². The first-order chi connectivity index (χ1) is 10.5. The van der Waals surface area contributed by atoms with Crippen LogP contribution in [0.25, 0.3) is 0 Å². The maximum absolute atomic E-state index is 11.1. The fraction of sp³-hybridized carbons (Fsp3) is 0.562. The third-order valence-corrected chi connectivity index (χ3v) is 4.24. The number of aliphatic hydroxyl groups is 3. The molecule has 4 N–H and O–H groups in total. The molecular formula is C16H24N2O4. The number of carbonyl (C=O) groups is 1. The molecular weight excluding hydrogens is 284 g/mol. The highest BCUT2D eigenvalue weighted by Gasteiger charge is 2.46. The summed E-state index contributed by atoms with van der Waals surface area (Å²) in [7, 11) is 0. The van der Waals surface area contributed by atoms with Crippen LogP contribution in [0.3, 0.4) is 0 Å². The molecule has 0 aliphatic carbocycles. The Morgan fingerprint density at radius 1 is 1.18 bits per heavy atom. The molecule has 6 heteroatoms. The molecule has 1 aromatic rings. The Morgan fingerprint density at radius 3 is 2.41 bits per heavy atom. The second-order valence-corrected chi connectivity index (χ2v) is 5.71. The van der Waals surface area contributed by atoms with Crippen LogP contribution in [0.2, 0.25) is 0 Å². The van der Waals surface area contributed by atoms with Crippen molar-refractivity contribution in [3.8, 4) is 0 Å². The van der Waals surface area contributed by atoms with Crippen LogP contribution >= 0.6 is 0 Å². The maximum Gasteiger partial charge on any atom is 0.216 e. The van der Waals surface area contributed by atoms with E-state index in [0.717, 1.165) is 12.0 Å². The van der Waals surface area contributed by atoms with Gasteiger partial charge >= 0.3 is 0 Å². The Balaban J connectivity index is 2.06. The molecule has 0 spiro atoms. The van der Waals surface area contributed by atoms with Gasteiger partial charge in [0.15, 0.2) is 0 Å². The minimum Gasteiger partial charge on any atom is -0.395 e. The first kappa shape index (κ1) is 16.9. The summed E-state index contributed by atoms with van der Waals surface area (Å²) in [5.74, 6) is -0.183. The Kier molecular flexibility index (Phi) is 5.90. The largest absolute Gasteiger partial charge is 0.395 e. The summed E-state index contributed by atoms with van der Waals surface area (Å²) in [6.07, 6.45) is -1.26. The lowest BCUT2D eigenvalue weighted by atomic mass is 10.1. The van der Waals surface area contributed by atoms with Gasteiger partial charge in [-0.2, -0.15) is 0 Å². The highest BCUT2D eigenvalue weighted by Crippen LogP contribution is 2.25. The van der Waals surface area contributed by atoms with Crippen LogP contribution < -0.4 is 5.32 Å². The first-order valence-corrected chi connectivity index (χ1v) is 7.55. The van der Waals surface area contributed by atoms with E-state index >= 15 is 0 Å². The summed E-state index contributed by atoms with van der Waals surface area (Å²) in [6.45, 7) is 2.02. The molecule has 6 nitrogen and oxygen atoms in total. The van der Waals surface area contributed by atoms with Gasteiger partial charge in [0.05, 0.1) is 30.9 Å². The smallest absolute Gasteiger partial charge is 0.216 e. The minimum atomic E-state index is -1.01. The van der Waals surface area contributed by atoms with E-state index in [1.807, 2.05) is 35.2 Å². The van der Waals surface area contributed by atoms with Crippen LogP contribution in [0.4, 0.5) is 0 Å². The molecule has 1 fully saturated rings. The summed E-state index contributed by atoms with van der Waals surface area (Å²) >= 11 is 0. The van der Waals surface area contributed by atoms with Gasteiger partial charge in [-0.3, -0.25) is 9.69 Å². The van der Waals surface area contributed by atoms with E-state index in [0.29, 0.717) is 6.54 Å². The van der Waals surface area contributed by atoms with Crippen molar-refractivity contribution in [1.29, 1.82) is 0 Å². The Hall–Kier alpha value is -1.47. The van der Waals surface area contributed by atoms with Crippen molar-refractivity contribution in [2.45, 2.75) is 37.6 Å². The van der Waals surface area contributed by atoms with E-state index in [9.17, 15) is 20.1 Å². The molecule has 1 unspecified atom stereocenters. The average molecular weight is 308 g/mol. The number of benzene rings is 1. The molecule has 2 rings (SSSR count). The number of likely N-dealkylation sites (tertiary alicyclic amines) is 1. The molecule has 1 aliphatic heterocycles. The minimum absolute atomic E-state index is 0.183. The molecule has 0 aromatic heterocycles. The average Bonchev–Trinajstić information content (AvgIpc) is 2.75. The highest BCUT2D eigenvalue weighted by molar-refractivity contribution is 5.72. The van der Waals surface area contributed by atoms with Gasteiger partial charge in [-0.25, -0.2) is 0 Å². The van der Waals surface area contributed by atoms with E-state index in [2.05, 4.69) is 5.32 Å². The zero-order valence-corrected chi connectivity index (χ0v) is 12.7. The van der Waals surface area contributed by atoms with Crippen molar-refractivity contribution < 1.29 is 20.1 Å². The normalized spacial score (nSPS) is 28.7. The maximum atomic E-state index is 11.1. The fourth-order valence-corrected chi connectivity index (χ4v) is 3.03. The molecule has 1 amide bonds. The quantitative estimate of drug-likeness (QED) is 0.548. The molecule has 1 saturated heterocycles. The number of rotatable bonds is 6. The predicted octanol–water partition coefficient (Wildman–Crippen LogP) is -0.868. The second kappa shape index (κ2) is 7.69. The second-order valence-electron chi connectivity index (χ2n) is 5.71. The van der Waals surface area contributed by atoms with Crippen LogP contribution in [0.1, 0.15) is 12.5 Å². The van der Waals surface area contributed by atoms with Crippen LogP contribution in [-0.4, -0.2) is 70.1 Å². The van der Waals surface area contributed by atoms with Crippen LogP contribution in [0, 0.1) is 0 Å². The molecule has 1 heterocycles. The molecule has 0 saturated carbocycles. The van der Waals surface area contributed by atoms with Crippen molar-refractivity contribution >= 4 is 5.91 Å². The number of nitrogens with one attached hydrogen (secondary N) is 1. The fourth-order valence-electron chi connectivity index (χ4n) is 3.03. The first-order valence-electron chi connectivity index (χ1n) is 7.55. The van der Waals surface area contributed by atoms with Gasteiger partial charge in [-0.1, -0.05) is 30.3 Å². The number of aliphatic hydroxyl groups excluding tert-OH is 3. The van der Waals surface area contributed by atoms with Gasteiger partial charge in [-0.05, 0) is 12.0 Å². The zero-order valence-electron chi connectivity index (χ0n) is 12.7. The topological polar surface area (TPSA) is 93.0 Å². The summed E-state index contributed by atoms with van der Waals surface area (Å²) in [5, 5.41) is 32.5. The molecule has 0 bridgehead atoms. The van der Waals surface area contributed by atoms with Gasteiger partial charge in [0, 0.05) is 20.0 Å². The van der Waals surface area contributed by atoms with Crippen molar-refractivity contribution in [3.05, 3.63) is 35.9 Å². The SMILES string of the molecule is CC(=O)NCC1[C@@H](O)[C@H](O)[C@@H](CO)N1CCc1ccccc1. The van der Waals surface area contributed by atoms with Crippen molar-refractivity contribution in [2.24, 2.45) is 0 Å². The predicted molar refractivity (Wildman–Crippen MR) is 82.2 cm³/mol. The number of carbonyl (C=O) groups excluding carboxylic acids is 1. The Bertz CT molecular complexity index is 482. The number of nitrogens with zero attached hydrogens (tertiary/aromatic N) is 1. The third kappa shape index (κ3) is 3.84. The van der Waals surface area contributed by atoms with E-state index < -0.39 is 24.3 Å². The summed E-state index contributed by atoms with van der Waals surface area (Å²) < 4.78 is 0. The summed E-state index contributed by atoms with van der Waals surface area (Å²) in [6, 6.07) is 8.97. The molecule has 122 valence electrons. The van der Waals surface area contributed by atoms with E-state index in [1.165, 1.54) is 6.92 Å². The monoisotopic (exact) mass is 308 g/mol. The lowest BCUT2D eigenvalue weighted by molar-refractivity contribution is -0.119. The van der Waals surface area contributed by atoms with E-state index in [4.69, 9.17) is 0 Å². The van der Waals surface area contributed by atoms with Gasteiger partial charge in [0.25, 0.3) is 0 Å². The van der Waals surface area contributed by atoms with E-state index in [-0.39, 0.29) is 19.1 Å². The van der Waals surface area contributed by atoms with E-state index in [1.54, 1.807) is 0 Å². The number of amides is 1. The van der Waals surface area contributed by atoms with Crippen molar-refractivity contribution in [3.63, 3.8) is 0 Å². The van der Waals surface area contributed by atoms with Gasteiger partial charge in [0.1, 0.15) is 0 Å². The number of hydrogen-bond donors (Lipinski definition) is 4. The van der Waals surface area contributed by atoms with Gasteiger partial charge in [-0.15, -0.1) is 0 Å². The molecule has 22 heavy (non-hydrogen) atoms. The zero-order chi connectivity index (χ0) is 16.1. The van der Waals surface area contributed by atoms with Crippen molar-refractivity contribution in [1.82, 2.24) is 10.2 Å². The van der Waals surface area contributed by atoms with Crippen LogP contribution in [0.5, 0.6) is 0 Å².